The molecule has 0 amide bonds. The van der Waals surface area contributed by atoms with Crippen molar-refractivity contribution in [3.63, 3.8) is 0 Å². The number of rotatable bonds is 2. The van der Waals surface area contributed by atoms with Crippen LogP contribution >= 0.6 is 24.0 Å². The Morgan fingerprint density at radius 3 is 2.67 bits per heavy atom. The molecule has 0 aliphatic heterocycles. The minimum atomic E-state index is -0.362. The highest BCUT2D eigenvalue weighted by Crippen LogP contribution is 2.15. The van der Waals surface area contributed by atoms with E-state index in [0.717, 1.165) is 5.56 Å². The number of nitrogens with one attached hydrogen (secondary N) is 1. The molecule has 0 aromatic heterocycles. The Bertz CT molecular complexity index is 253. The third-order valence-corrected chi connectivity index (χ3v) is 1.67. The van der Waals surface area contributed by atoms with Crippen LogP contribution < -0.4 is 5.32 Å². The van der Waals surface area contributed by atoms with Gasteiger partial charge in [0.25, 0.3) is 0 Å². The van der Waals surface area contributed by atoms with Crippen LogP contribution in [0.1, 0.15) is 5.56 Å². The van der Waals surface area contributed by atoms with Gasteiger partial charge in [0, 0.05) is 6.54 Å². The molecule has 0 fully saturated rings. The lowest BCUT2D eigenvalue weighted by Gasteiger charge is -1.99. The molecule has 1 N–H and O–H groups in total. The molecule has 1 aromatic rings. The summed E-state index contributed by atoms with van der Waals surface area (Å²) in [5, 5.41) is 3.09. The van der Waals surface area contributed by atoms with Crippen molar-refractivity contribution in [2.75, 3.05) is 7.05 Å². The van der Waals surface area contributed by atoms with Gasteiger partial charge in [0.1, 0.15) is 5.82 Å². The van der Waals surface area contributed by atoms with Gasteiger partial charge in [0.2, 0.25) is 0 Å². The lowest BCUT2D eigenvalue weighted by Crippen LogP contribution is -2.04. The normalized spacial score (nSPS) is 9.25. The maximum absolute atomic E-state index is 12.7. The van der Waals surface area contributed by atoms with Gasteiger partial charge in [-0.3, -0.25) is 0 Å². The first-order valence-electron chi connectivity index (χ1n) is 3.32. The molecule has 0 spiro atoms. The largest absolute Gasteiger partial charge is 0.316 e. The molecule has 1 nitrogen and oxygen atoms in total. The van der Waals surface area contributed by atoms with Crippen LogP contribution in [0, 0.1) is 5.82 Å². The lowest BCUT2D eigenvalue weighted by atomic mass is 10.2. The standard InChI is InChI=1S/C8H9ClFN.ClH/c1-11-5-6-2-3-7(9)8(10)4-6;/h2-4,11H,5H2,1H3;1H. The molecule has 1 rings (SSSR count). The summed E-state index contributed by atoms with van der Waals surface area (Å²) in [6.07, 6.45) is 0. The molecule has 0 saturated heterocycles. The van der Waals surface area contributed by atoms with Crippen molar-refractivity contribution < 1.29 is 4.39 Å². The van der Waals surface area contributed by atoms with Gasteiger partial charge in [-0.25, -0.2) is 4.39 Å². The van der Waals surface area contributed by atoms with Crippen LogP contribution in [0.2, 0.25) is 5.02 Å². The molecule has 1 aromatic carbocycles. The first-order chi connectivity index (χ1) is 5.24. The average molecular weight is 210 g/mol. The van der Waals surface area contributed by atoms with Crippen molar-refractivity contribution in [3.8, 4) is 0 Å². The van der Waals surface area contributed by atoms with Crippen LogP contribution in [0.25, 0.3) is 0 Å². The van der Waals surface area contributed by atoms with Crippen LogP contribution in [0.15, 0.2) is 18.2 Å². The molecule has 12 heavy (non-hydrogen) atoms. The zero-order valence-corrected chi connectivity index (χ0v) is 8.18. The van der Waals surface area contributed by atoms with Gasteiger partial charge < -0.3 is 5.32 Å². The molecule has 0 saturated carbocycles. The van der Waals surface area contributed by atoms with Crippen molar-refractivity contribution >= 4 is 24.0 Å². The van der Waals surface area contributed by atoms with E-state index in [1.165, 1.54) is 6.07 Å². The van der Waals surface area contributed by atoms with Crippen LogP contribution in [-0.2, 0) is 6.54 Å². The Hall–Kier alpha value is -0.310. The number of hydrogen-bond donors (Lipinski definition) is 1. The summed E-state index contributed by atoms with van der Waals surface area (Å²) in [4.78, 5) is 0. The molecule has 4 heteroatoms. The predicted molar refractivity (Wildman–Crippen MR) is 51.4 cm³/mol. The summed E-state index contributed by atoms with van der Waals surface area (Å²) in [5.74, 6) is -0.362. The highest BCUT2D eigenvalue weighted by molar-refractivity contribution is 6.30. The summed E-state index contributed by atoms with van der Waals surface area (Å²) in [5.41, 5.74) is 0.898. The van der Waals surface area contributed by atoms with E-state index >= 15 is 0 Å². The van der Waals surface area contributed by atoms with Crippen molar-refractivity contribution in [1.82, 2.24) is 5.32 Å². The summed E-state index contributed by atoms with van der Waals surface area (Å²) in [6.45, 7) is 0.661. The molecule has 0 aliphatic carbocycles. The quantitative estimate of drug-likeness (QED) is 0.791. The summed E-state index contributed by atoms with van der Waals surface area (Å²) < 4.78 is 12.7. The molecule has 68 valence electrons. The second kappa shape index (κ2) is 5.36. The van der Waals surface area contributed by atoms with Crippen molar-refractivity contribution in [3.05, 3.63) is 34.6 Å². The van der Waals surface area contributed by atoms with Gasteiger partial charge in [0.05, 0.1) is 5.02 Å². The van der Waals surface area contributed by atoms with Crippen LogP contribution in [0.4, 0.5) is 4.39 Å². The first kappa shape index (κ1) is 11.7. The molecule has 0 unspecified atom stereocenters. The fraction of sp³-hybridized carbons (Fsp3) is 0.250. The third kappa shape index (κ3) is 2.97. The monoisotopic (exact) mass is 209 g/mol. The smallest absolute Gasteiger partial charge is 0.142 e. The Morgan fingerprint density at radius 2 is 2.17 bits per heavy atom. The minimum absolute atomic E-state index is 0. The van der Waals surface area contributed by atoms with Gasteiger partial charge >= 0.3 is 0 Å². The molecular formula is C8H10Cl2FN. The van der Waals surface area contributed by atoms with Crippen molar-refractivity contribution in [1.29, 1.82) is 0 Å². The first-order valence-corrected chi connectivity index (χ1v) is 3.70. The minimum Gasteiger partial charge on any atom is -0.316 e. The second-order valence-electron chi connectivity index (χ2n) is 2.28. The van der Waals surface area contributed by atoms with Gasteiger partial charge in [-0.2, -0.15) is 0 Å². The third-order valence-electron chi connectivity index (χ3n) is 1.36. The molecule has 0 radical (unpaired) electrons. The van der Waals surface area contributed by atoms with E-state index in [1.54, 1.807) is 12.1 Å². The Balaban J connectivity index is 0.00000121. The zero-order chi connectivity index (χ0) is 8.27. The highest BCUT2D eigenvalue weighted by atomic mass is 35.5. The van der Waals surface area contributed by atoms with Gasteiger partial charge in [-0.1, -0.05) is 17.7 Å². The maximum atomic E-state index is 12.7. The average Bonchev–Trinajstić information content (AvgIpc) is 1.98. The fourth-order valence-electron chi connectivity index (χ4n) is 0.854. The van der Waals surface area contributed by atoms with E-state index in [4.69, 9.17) is 11.6 Å². The molecule has 0 atom stereocenters. The maximum Gasteiger partial charge on any atom is 0.142 e. The SMILES string of the molecule is CNCc1ccc(Cl)c(F)c1.Cl. The lowest BCUT2D eigenvalue weighted by molar-refractivity contribution is 0.624. The number of benzene rings is 1. The molecule has 0 aliphatic rings. The van der Waals surface area contributed by atoms with E-state index in [9.17, 15) is 4.39 Å². The topological polar surface area (TPSA) is 12.0 Å². The fourth-order valence-corrected chi connectivity index (χ4v) is 0.971. The Morgan fingerprint density at radius 1 is 1.50 bits per heavy atom. The number of hydrogen-bond acceptors (Lipinski definition) is 1. The second-order valence-corrected chi connectivity index (χ2v) is 2.69. The van der Waals surface area contributed by atoms with Crippen molar-refractivity contribution in [2.45, 2.75) is 6.54 Å². The van der Waals surface area contributed by atoms with Crippen LogP contribution in [0.5, 0.6) is 0 Å². The van der Waals surface area contributed by atoms with Crippen molar-refractivity contribution in [2.24, 2.45) is 0 Å². The van der Waals surface area contributed by atoms with Gasteiger partial charge in [-0.05, 0) is 24.7 Å². The zero-order valence-electron chi connectivity index (χ0n) is 6.60. The number of halogens is 3. The van der Waals surface area contributed by atoms with E-state index in [0.29, 0.717) is 6.54 Å². The van der Waals surface area contributed by atoms with E-state index in [2.05, 4.69) is 5.32 Å². The summed E-state index contributed by atoms with van der Waals surface area (Å²) in [7, 11) is 1.81. The highest BCUT2D eigenvalue weighted by Gasteiger charge is 1.98. The molecule has 0 heterocycles. The predicted octanol–water partition coefficient (Wildman–Crippen LogP) is 2.62. The molecular weight excluding hydrogens is 200 g/mol. The van der Waals surface area contributed by atoms with E-state index in [1.807, 2.05) is 7.05 Å². The Labute approximate surface area is 82.3 Å². The van der Waals surface area contributed by atoms with Crippen LogP contribution in [0.3, 0.4) is 0 Å². The Kier molecular flexibility index (Phi) is 5.22. The van der Waals surface area contributed by atoms with Gasteiger partial charge in [-0.15, -0.1) is 12.4 Å². The summed E-state index contributed by atoms with van der Waals surface area (Å²) >= 11 is 5.49. The summed E-state index contributed by atoms with van der Waals surface area (Å²) in [6, 6.07) is 4.78. The molecule has 0 bridgehead atoms. The van der Waals surface area contributed by atoms with E-state index in [-0.39, 0.29) is 23.2 Å². The van der Waals surface area contributed by atoms with Crippen LogP contribution in [-0.4, -0.2) is 7.05 Å². The van der Waals surface area contributed by atoms with Gasteiger partial charge in [0.15, 0.2) is 0 Å². The van der Waals surface area contributed by atoms with E-state index < -0.39 is 0 Å².